The summed E-state index contributed by atoms with van der Waals surface area (Å²) >= 11 is 5.69. The highest BCUT2D eigenvalue weighted by atomic mass is 35.5. The third-order valence-corrected chi connectivity index (χ3v) is 1.92. The van der Waals surface area contributed by atoms with Gasteiger partial charge in [0.2, 0.25) is 0 Å². The van der Waals surface area contributed by atoms with Gasteiger partial charge in [-0.2, -0.15) is 13.2 Å². The quantitative estimate of drug-likeness (QED) is 0.835. The van der Waals surface area contributed by atoms with Gasteiger partial charge in [0.1, 0.15) is 17.6 Å². The van der Waals surface area contributed by atoms with Gasteiger partial charge in [0.15, 0.2) is 5.82 Å². The Morgan fingerprint density at radius 2 is 2.12 bits per heavy atom. The number of anilines is 1. The molecule has 0 spiro atoms. The molecular formula is C9H11ClF3N3O. The summed E-state index contributed by atoms with van der Waals surface area (Å²) in [6, 6.07) is 1.36. The van der Waals surface area contributed by atoms with Crippen LogP contribution in [0.25, 0.3) is 0 Å². The van der Waals surface area contributed by atoms with Crippen LogP contribution in [0.1, 0.15) is 12.2 Å². The molecule has 0 fully saturated rings. The van der Waals surface area contributed by atoms with Crippen molar-refractivity contribution in [1.29, 1.82) is 0 Å². The maximum atomic E-state index is 11.9. The molecule has 0 bridgehead atoms. The van der Waals surface area contributed by atoms with Crippen molar-refractivity contribution in [2.24, 2.45) is 0 Å². The highest BCUT2D eigenvalue weighted by molar-refractivity contribution is 6.29. The summed E-state index contributed by atoms with van der Waals surface area (Å²) in [6.07, 6.45) is -5.13. The largest absolute Gasteiger partial charge is 0.390 e. The molecule has 17 heavy (non-hydrogen) atoms. The Morgan fingerprint density at radius 3 is 2.71 bits per heavy atom. The number of halogens is 4. The molecule has 0 aliphatic heterocycles. The zero-order valence-corrected chi connectivity index (χ0v) is 9.77. The average molecular weight is 270 g/mol. The van der Waals surface area contributed by atoms with Crippen LogP contribution in [0.15, 0.2) is 6.07 Å². The summed E-state index contributed by atoms with van der Waals surface area (Å²) in [7, 11) is 1.46. The van der Waals surface area contributed by atoms with Crippen molar-refractivity contribution in [2.45, 2.75) is 19.2 Å². The lowest BCUT2D eigenvalue weighted by Gasteiger charge is -2.09. The topological polar surface area (TPSA) is 47.0 Å². The number of hydrogen-bond donors (Lipinski definition) is 1. The van der Waals surface area contributed by atoms with Crippen LogP contribution >= 0.6 is 11.6 Å². The van der Waals surface area contributed by atoms with Gasteiger partial charge < -0.3 is 10.1 Å². The summed E-state index contributed by atoms with van der Waals surface area (Å²) < 4.78 is 40.6. The Balaban J connectivity index is 2.58. The number of nitrogens with one attached hydrogen (secondary N) is 1. The predicted molar refractivity (Wildman–Crippen MR) is 56.9 cm³/mol. The SMILES string of the molecule is COCc1nc(Cl)cc(NCCC(F)(F)F)n1. The standard InChI is InChI=1S/C9H11ClF3N3O/c1-17-5-8-15-6(10)4-7(16-8)14-3-2-9(11,12)13/h4H,2-3,5H2,1H3,(H,14,15,16). The van der Waals surface area contributed by atoms with Crippen molar-refractivity contribution in [3.05, 3.63) is 17.0 Å². The van der Waals surface area contributed by atoms with Gasteiger partial charge in [-0.05, 0) is 0 Å². The lowest BCUT2D eigenvalue weighted by atomic mass is 10.4. The Hall–Kier alpha value is -1.08. The van der Waals surface area contributed by atoms with Crippen LogP contribution < -0.4 is 5.32 Å². The maximum absolute atomic E-state index is 11.9. The van der Waals surface area contributed by atoms with Gasteiger partial charge in [-0.3, -0.25) is 0 Å². The number of hydrogen-bond acceptors (Lipinski definition) is 4. The number of nitrogens with zero attached hydrogens (tertiary/aromatic N) is 2. The van der Waals surface area contributed by atoms with E-state index in [0.717, 1.165) is 0 Å². The van der Waals surface area contributed by atoms with Crippen molar-refractivity contribution < 1.29 is 17.9 Å². The molecule has 0 atom stereocenters. The fraction of sp³-hybridized carbons (Fsp3) is 0.556. The van der Waals surface area contributed by atoms with Crippen molar-refractivity contribution in [1.82, 2.24) is 9.97 Å². The van der Waals surface area contributed by atoms with E-state index >= 15 is 0 Å². The number of rotatable bonds is 5. The molecule has 1 rings (SSSR count). The zero-order chi connectivity index (χ0) is 12.9. The lowest BCUT2D eigenvalue weighted by Crippen LogP contribution is -2.15. The van der Waals surface area contributed by atoms with Gasteiger partial charge in [-0.15, -0.1) is 0 Å². The molecule has 1 aromatic heterocycles. The van der Waals surface area contributed by atoms with Gasteiger partial charge in [0.25, 0.3) is 0 Å². The third kappa shape index (κ3) is 5.69. The fourth-order valence-electron chi connectivity index (χ4n) is 1.08. The van der Waals surface area contributed by atoms with Crippen LogP contribution in [0.2, 0.25) is 5.15 Å². The Bertz CT molecular complexity index is 373. The minimum atomic E-state index is -4.20. The summed E-state index contributed by atoms with van der Waals surface area (Å²) in [6.45, 7) is -0.113. The van der Waals surface area contributed by atoms with Crippen LogP contribution in [-0.4, -0.2) is 29.8 Å². The molecule has 0 aliphatic carbocycles. The van der Waals surface area contributed by atoms with Gasteiger partial charge in [-0.25, -0.2) is 9.97 Å². The Kier molecular flexibility index (Phi) is 4.95. The van der Waals surface area contributed by atoms with E-state index in [0.29, 0.717) is 5.82 Å². The molecular weight excluding hydrogens is 259 g/mol. The first-order valence-corrected chi connectivity index (χ1v) is 5.11. The van der Waals surface area contributed by atoms with Gasteiger partial charge in [-0.1, -0.05) is 11.6 Å². The first kappa shape index (κ1) is 14.0. The van der Waals surface area contributed by atoms with E-state index in [-0.39, 0.29) is 24.1 Å². The van der Waals surface area contributed by atoms with Crippen molar-refractivity contribution in [3.8, 4) is 0 Å². The van der Waals surface area contributed by atoms with Crippen LogP contribution in [0.3, 0.4) is 0 Å². The van der Waals surface area contributed by atoms with E-state index in [2.05, 4.69) is 15.3 Å². The fourth-order valence-corrected chi connectivity index (χ4v) is 1.28. The molecule has 0 saturated carbocycles. The molecule has 0 amide bonds. The first-order chi connectivity index (χ1) is 7.90. The van der Waals surface area contributed by atoms with E-state index < -0.39 is 12.6 Å². The second kappa shape index (κ2) is 6.02. The highest BCUT2D eigenvalue weighted by Crippen LogP contribution is 2.19. The summed E-state index contributed by atoms with van der Waals surface area (Å²) in [5, 5.41) is 2.68. The number of methoxy groups -OCH3 is 1. The lowest BCUT2D eigenvalue weighted by molar-refractivity contribution is -0.131. The minimum Gasteiger partial charge on any atom is -0.377 e. The predicted octanol–water partition coefficient (Wildman–Crippen LogP) is 2.64. The third-order valence-electron chi connectivity index (χ3n) is 1.73. The zero-order valence-electron chi connectivity index (χ0n) is 9.01. The van der Waals surface area contributed by atoms with E-state index in [4.69, 9.17) is 16.3 Å². The normalized spacial score (nSPS) is 11.6. The molecule has 0 aliphatic rings. The average Bonchev–Trinajstić information content (AvgIpc) is 2.15. The first-order valence-electron chi connectivity index (χ1n) is 4.74. The molecule has 1 heterocycles. The molecule has 0 aromatic carbocycles. The van der Waals surface area contributed by atoms with E-state index in [1.807, 2.05) is 0 Å². The van der Waals surface area contributed by atoms with Gasteiger partial charge in [0.05, 0.1) is 6.42 Å². The molecule has 0 radical (unpaired) electrons. The smallest absolute Gasteiger partial charge is 0.377 e. The summed E-state index contributed by atoms with van der Waals surface area (Å²) in [5.41, 5.74) is 0. The Morgan fingerprint density at radius 1 is 1.41 bits per heavy atom. The maximum Gasteiger partial charge on any atom is 0.390 e. The van der Waals surface area contributed by atoms with E-state index in [9.17, 15) is 13.2 Å². The Labute approximate surface area is 101 Å². The number of aromatic nitrogens is 2. The summed E-state index contributed by atoms with van der Waals surface area (Å²) in [5.74, 6) is 0.566. The second-order valence-electron chi connectivity index (χ2n) is 3.22. The van der Waals surface area contributed by atoms with Crippen LogP contribution in [-0.2, 0) is 11.3 Å². The van der Waals surface area contributed by atoms with Gasteiger partial charge >= 0.3 is 6.18 Å². The van der Waals surface area contributed by atoms with Crippen molar-refractivity contribution >= 4 is 17.4 Å². The molecule has 4 nitrogen and oxygen atoms in total. The number of alkyl halides is 3. The molecule has 1 aromatic rings. The number of ether oxygens (including phenoxy) is 1. The van der Waals surface area contributed by atoms with Crippen LogP contribution in [0.4, 0.5) is 19.0 Å². The van der Waals surface area contributed by atoms with Crippen molar-refractivity contribution in [2.75, 3.05) is 19.0 Å². The molecule has 8 heteroatoms. The molecule has 0 unspecified atom stereocenters. The molecule has 96 valence electrons. The molecule has 0 saturated heterocycles. The van der Waals surface area contributed by atoms with Crippen molar-refractivity contribution in [3.63, 3.8) is 0 Å². The van der Waals surface area contributed by atoms with Crippen LogP contribution in [0, 0.1) is 0 Å². The minimum absolute atomic E-state index is 0.147. The molecule has 1 N–H and O–H groups in total. The van der Waals surface area contributed by atoms with Gasteiger partial charge in [0, 0.05) is 19.7 Å². The summed E-state index contributed by atoms with van der Waals surface area (Å²) in [4.78, 5) is 7.79. The second-order valence-corrected chi connectivity index (χ2v) is 3.60. The highest BCUT2D eigenvalue weighted by Gasteiger charge is 2.26. The van der Waals surface area contributed by atoms with E-state index in [1.165, 1.54) is 13.2 Å². The monoisotopic (exact) mass is 269 g/mol. The van der Waals surface area contributed by atoms with E-state index in [1.54, 1.807) is 0 Å². The van der Waals surface area contributed by atoms with Crippen LogP contribution in [0.5, 0.6) is 0 Å².